The molecule has 25 heavy (non-hydrogen) atoms. The van der Waals surface area contributed by atoms with Gasteiger partial charge >= 0.3 is 0 Å². The molecule has 1 fully saturated rings. The minimum absolute atomic E-state index is 0.106. The Morgan fingerprint density at radius 3 is 2.60 bits per heavy atom. The van der Waals surface area contributed by atoms with Crippen molar-refractivity contribution in [2.75, 3.05) is 19.8 Å². The lowest BCUT2D eigenvalue weighted by Crippen LogP contribution is -2.37. The summed E-state index contributed by atoms with van der Waals surface area (Å²) in [6, 6.07) is 5.82. The molecule has 1 heterocycles. The second-order valence-corrected chi connectivity index (χ2v) is 10.2. The third-order valence-corrected chi connectivity index (χ3v) is 6.70. The van der Waals surface area contributed by atoms with Crippen LogP contribution in [-0.4, -0.2) is 59.5 Å². The van der Waals surface area contributed by atoms with Crippen molar-refractivity contribution >= 4 is 20.4 Å². The SMILES string of the molecule is O=S(=O)(O)c1ccc(CC(O)COCCCC2([SiH3])CCCCO2)cc1. The summed E-state index contributed by atoms with van der Waals surface area (Å²) in [6.45, 7) is 1.72. The Balaban J connectivity index is 1.64. The number of benzene rings is 1. The molecule has 8 heteroatoms. The fourth-order valence-corrected chi connectivity index (χ4v) is 4.48. The number of aliphatic hydroxyl groups excluding tert-OH is 1. The summed E-state index contributed by atoms with van der Waals surface area (Å²) in [7, 11) is -3.14. The summed E-state index contributed by atoms with van der Waals surface area (Å²) in [4.78, 5) is -0.149. The molecule has 0 bridgehead atoms. The molecular weight excluding hydrogens is 360 g/mol. The van der Waals surface area contributed by atoms with Crippen LogP contribution >= 0.6 is 0 Å². The van der Waals surface area contributed by atoms with Gasteiger partial charge in [0.05, 0.1) is 17.6 Å². The van der Waals surface area contributed by atoms with Crippen LogP contribution in [0.5, 0.6) is 0 Å². The molecule has 2 N–H and O–H groups in total. The van der Waals surface area contributed by atoms with Crippen molar-refractivity contribution in [1.29, 1.82) is 0 Å². The van der Waals surface area contributed by atoms with Crippen molar-refractivity contribution in [1.82, 2.24) is 0 Å². The zero-order chi connectivity index (χ0) is 18.3. The third-order valence-electron chi connectivity index (χ3n) is 4.55. The Kier molecular flexibility index (Phi) is 7.60. The minimum atomic E-state index is -4.18. The van der Waals surface area contributed by atoms with Crippen LogP contribution in [0.1, 0.15) is 37.7 Å². The van der Waals surface area contributed by atoms with Gasteiger partial charge in [-0.2, -0.15) is 8.42 Å². The molecule has 1 aliphatic rings. The van der Waals surface area contributed by atoms with Crippen LogP contribution in [0.2, 0.25) is 0 Å². The second kappa shape index (κ2) is 9.25. The lowest BCUT2D eigenvalue weighted by Gasteiger charge is -2.34. The largest absolute Gasteiger partial charge is 0.390 e. The Bertz CT molecular complexity index is 625. The number of hydrogen-bond donors (Lipinski definition) is 2. The van der Waals surface area contributed by atoms with E-state index in [0.717, 1.165) is 48.1 Å². The molecule has 0 aliphatic carbocycles. The second-order valence-electron chi connectivity index (χ2n) is 6.91. The maximum atomic E-state index is 11.0. The molecule has 1 aliphatic heterocycles. The zero-order valence-electron chi connectivity index (χ0n) is 14.7. The predicted octanol–water partition coefficient (Wildman–Crippen LogP) is 0.896. The molecule has 0 spiro atoms. The van der Waals surface area contributed by atoms with E-state index in [0.29, 0.717) is 13.0 Å². The van der Waals surface area contributed by atoms with Gasteiger partial charge in [0, 0.05) is 35.1 Å². The van der Waals surface area contributed by atoms with Crippen molar-refractivity contribution in [3.05, 3.63) is 29.8 Å². The standard InChI is InChI=1S/C17H28O6SSi/c18-15(12-14-4-6-16(7-5-14)24(19,20)21)13-22-10-3-9-17(25)8-1-2-11-23-17/h4-7,15,18H,1-3,8-13H2,25H3,(H,19,20,21). The Morgan fingerprint density at radius 1 is 1.28 bits per heavy atom. The van der Waals surface area contributed by atoms with Crippen LogP contribution in [0.4, 0.5) is 0 Å². The normalized spacial score (nSPS) is 22.8. The third kappa shape index (κ3) is 7.16. The van der Waals surface area contributed by atoms with E-state index in [2.05, 4.69) is 0 Å². The monoisotopic (exact) mass is 388 g/mol. The van der Waals surface area contributed by atoms with E-state index >= 15 is 0 Å². The Hall–Kier alpha value is -0.773. The molecule has 1 saturated heterocycles. The van der Waals surface area contributed by atoms with E-state index in [4.69, 9.17) is 14.0 Å². The van der Waals surface area contributed by atoms with E-state index in [1.54, 1.807) is 12.1 Å². The summed E-state index contributed by atoms with van der Waals surface area (Å²) in [6.07, 6.45) is 5.25. The molecular formula is C17H28O6SSi. The van der Waals surface area contributed by atoms with Crippen LogP contribution in [-0.2, 0) is 26.0 Å². The van der Waals surface area contributed by atoms with E-state index in [1.165, 1.54) is 18.6 Å². The van der Waals surface area contributed by atoms with E-state index in [-0.39, 0.29) is 16.7 Å². The highest BCUT2D eigenvalue weighted by Gasteiger charge is 2.26. The molecule has 6 nitrogen and oxygen atoms in total. The molecule has 0 radical (unpaired) electrons. The molecule has 142 valence electrons. The van der Waals surface area contributed by atoms with Crippen LogP contribution in [0, 0.1) is 0 Å². The molecule has 1 aromatic carbocycles. The molecule has 0 saturated carbocycles. The van der Waals surface area contributed by atoms with Crippen molar-refractivity contribution in [3.8, 4) is 0 Å². The summed E-state index contributed by atoms with van der Waals surface area (Å²) in [5.41, 5.74) is 0.789. The van der Waals surface area contributed by atoms with E-state index in [9.17, 15) is 13.5 Å². The summed E-state index contributed by atoms with van der Waals surface area (Å²) < 4.78 is 42.4. The van der Waals surface area contributed by atoms with Gasteiger partial charge in [0.25, 0.3) is 10.1 Å². The van der Waals surface area contributed by atoms with Gasteiger partial charge in [-0.15, -0.1) is 0 Å². The highest BCUT2D eigenvalue weighted by atomic mass is 32.2. The highest BCUT2D eigenvalue weighted by Crippen LogP contribution is 2.26. The fourth-order valence-electron chi connectivity index (χ4n) is 3.08. The molecule has 2 atom stereocenters. The van der Waals surface area contributed by atoms with Gasteiger partial charge in [-0.3, -0.25) is 4.55 Å². The number of aliphatic hydroxyl groups is 1. The van der Waals surface area contributed by atoms with Crippen molar-refractivity contribution in [2.45, 2.75) is 54.7 Å². The topological polar surface area (TPSA) is 93.1 Å². The number of hydrogen-bond acceptors (Lipinski definition) is 5. The van der Waals surface area contributed by atoms with Crippen molar-refractivity contribution in [3.63, 3.8) is 0 Å². The minimum Gasteiger partial charge on any atom is -0.390 e. The van der Waals surface area contributed by atoms with Crippen LogP contribution in [0.25, 0.3) is 0 Å². The van der Waals surface area contributed by atoms with Crippen LogP contribution in [0.15, 0.2) is 29.2 Å². The van der Waals surface area contributed by atoms with E-state index in [1.807, 2.05) is 0 Å². The molecule has 0 amide bonds. The lowest BCUT2D eigenvalue weighted by molar-refractivity contribution is -0.0307. The van der Waals surface area contributed by atoms with Gasteiger partial charge in [-0.25, -0.2) is 0 Å². The van der Waals surface area contributed by atoms with Gasteiger partial charge in [-0.1, -0.05) is 12.1 Å². The Morgan fingerprint density at radius 2 is 2.00 bits per heavy atom. The fraction of sp³-hybridized carbons (Fsp3) is 0.647. The first-order valence-electron chi connectivity index (χ1n) is 8.75. The zero-order valence-corrected chi connectivity index (χ0v) is 17.5. The first kappa shape index (κ1) is 20.5. The van der Waals surface area contributed by atoms with Crippen LogP contribution < -0.4 is 0 Å². The maximum Gasteiger partial charge on any atom is 0.294 e. The molecule has 0 aromatic heterocycles. The quantitative estimate of drug-likeness (QED) is 0.371. The smallest absolute Gasteiger partial charge is 0.294 e. The first-order valence-corrected chi connectivity index (χ1v) is 11.2. The first-order chi connectivity index (χ1) is 11.8. The molecule has 1 aromatic rings. The average molecular weight is 389 g/mol. The van der Waals surface area contributed by atoms with E-state index < -0.39 is 16.2 Å². The molecule has 2 unspecified atom stereocenters. The highest BCUT2D eigenvalue weighted by molar-refractivity contribution is 7.85. The van der Waals surface area contributed by atoms with Crippen molar-refractivity contribution < 1.29 is 27.6 Å². The summed E-state index contributed by atoms with van der Waals surface area (Å²) in [5.74, 6) is 0. The summed E-state index contributed by atoms with van der Waals surface area (Å²) >= 11 is 0. The van der Waals surface area contributed by atoms with Crippen LogP contribution in [0.3, 0.4) is 0 Å². The Labute approximate surface area is 152 Å². The van der Waals surface area contributed by atoms with Gasteiger partial charge in [0.1, 0.15) is 0 Å². The van der Waals surface area contributed by atoms with Gasteiger partial charge < -0.3 is 14.6 Å². The van der Waals surface area contributed by atoms with Crippen molar-refractivity contribution in [2.24, 2.45) is 0 Å². The summed E-state index contributed by atoms with van der Waals surface area (Å²) in [5, 5.41) is 10.1. The average Bonchev–Trinajstić information content (AvgIpc) is 2.55. The number of rotatable bonds is 9. The lowest BCUT2D eigenvalue weighted by atomic mass is 10.0. The predicted molar refractivity (Wildman–Crippen MR) is 98.5 cm³/mol. The van der Waals surface area contributed by atoms with Gasteiger partial charge in [0.2, 0.25) is 0 Å². The number of ether oxygens (including phenoxy) is 2. The molecule has 2 rings (SSSR count). The van der Waals surface area contributed by atoms with Gasteiger partial charge in [-0.05, 0) is 49.8 Å². The van der Waals surface area contributed by atoms with Gasteiger partial charge in [0.15, 0.2) is 0 Å². The maximum absolute atomic E-state index is 11.0.